The van der Waals surface area contributed by atoms with Crippen LogP contribution in [0.1, 0.15) is 5.56 Å². The van der Waals surface area contributed by atoms with Crippen molar-refractivity contribution in [2.45, 2.75) is 0 Å². The number of nitrogens with zero attached hydrogens (tertiary/aromatic N) is 3. The van der Waals surface area contributed by atoms with Crippen molar-refractivity contribution in [2.75, 3.05) is 20.8 Å². The highest BCUT2D eigenvalue weighted by atomic mass is 127. The molecule has 0 radical (unpaired) electrons. The molecule has 192 valence electrons. The summed E-state index contributed by atoms with van der Waals surface area (Å²) >= 11 is 2.06. The number of benzene rings is 3. The standard InChI is InChI=1S/C27H21IN4O6/c1-35-20-8-5-9-21-17(20)12-23(38-21)26-31-19-7-4-3-6-16(19)27(34)32(26)30-13-15-10-18(28)25(22(11-15)36-2)37-14-24(29)33/h3-13H,14H2,1-2H3,(H2,29,33). The maximum atomic E-state index is 13.5. The molecule has 0 spiro atoms. The number of rotatable bonds is 8. The number of ether oxygens (including phenoxy) is 3. The molecule has 0 fully saturated rings. The van der Waals surface area contributed by atoms with E-state index in [2.05, 4.69) is 27.7 Å². The lowest BCUT2D eigenvalue weighted by atomic mass is 10.2. The van der Waals surface area contributed by atoms with Gasteiger partial charge in [-0.1, -0.05) is 18.2 Å². The Hall–Kier alpha value is -4.39. The van der Waals surface area contributed by atoms with Gasteiger partial charge in [0, 0.05) is 0 Å². The van der Waals surface area contributed by atoms with Gasteiger partial charge in [-0.15, -0.1) is 0 Å². The second-order valence-corrected chi connectivity index (χ2v) is 9.25. The highest BCUT2D eigenvalue weighted by Gasteiger charge is 2.18. The average molecular weight is 624 g/mol. The Morgan fingerprint density at radius 1 is 1.08 bits per heavy atom. The van der Waals surface area contributed by atoms with E-state index in [0.717, 1.165) is 5.39 Å². The van der Waals surface area contributed by atoms with E-state index in [0.29, 0.717) is 48.6 Å². The Morgan fingerprint density at radius 3 is 2.63 bits per heavy atom. The van der Waals surface area contributed by atoms with Gasteiger partial charge in [0.2, 0.25) is 5.82 Å². The Morgan fingerprint density at radius 2 is 1.87 bits per heavy atom. The molecule has 10 nitrogen and oxygen atoms in total. The van der Waals surface area contributed by atoms with Crippen molar-refractivity contribution in [3.05, 3.63) is 80.2 Å². The summed E-state index contributed by atoms with van der Waals surface area (Å²) in [6.45, 7) is -0.288. The lowest BCUT2D eigenvalue weighted by Gasteiger charge is -2.12. The molecular weight excluding hydrogens is 603 g/mol. The van der Waals surface area contributed by atoms with Crippen molar-refractivity contribution in [2.24, 2.45) is 10.8 Å². The van der Waals surface area contributed by atoms with Crippen LogP contribution in [-0.4, -0.2) is 42.6 Å². The number of para-hydroxylation sites is 1. The molecule has 38 heavy (non-hydrogen) atoms. The monoisotopic (exact) mass is 624 g/mol. The third-order valence-corrected chi connectivity index (χ3v) is 6.45. The minimum atomic E-state index is -0.604. The van der Waals surface area contributed by atoms with Gasteiger partial charge in [-0.05, 0) is 70.6 Å². The summed E-state index contributed by atoms with van der Waals surface area (Å²) in [5.74, 6) is 1.38. The summed E-state index contributed by atoms with van der Waals surface area (Å²) in [6, 6.07) is 17.7. The number of hydrogen-bond donors (Lipinski definition) is 1. The lowest BCUT2D eigenvalue weighted by Crippen LogP contribution is -2.20. The average Bonchev–Trinajstić information content (AvgIpc) is 3.36. The van der Waals surface area contributed by atoms with Crippen molar-refractivity contribution < 1.29 is 23.4 Å². The van der Waals surface area contributed by atoms with Crippen LogP contribution in [0.25, 0.3) is 33.5 Å². The number of hydrogen-bond acceptors (Lipinski definition) is 8. The van der Waals surface area contributed by atoms with E-state index in [-0.39, 0.29) is 18.0 Å². The molecule has 0 aliphatic rings. The van der Waals surface area contributed by atoms with Crippen LogP contribution in [0.3, 0.4) is 0 Å². The normalized spacial score (nSPS) is 11.3. The maximum Gasteiger partial charge on any atom is 0.282 e. The van der Waals surface area contributed by atoms with Crippen LogP contribution >= 0.6 is 22.6 Å². The SMILES string of the molecule is COc1cc(C=Nn2c(-c3cc4c(OC)cccc4o3)nc3ccccc3c2=O)cc(I)c1OCC(N)=O. The van der Waals surface area contributed by atoms with Crippen LogP contribution in [0, 0.1) is 3.57 Å². The number of methoxy groups -OCH3 is 2. The van der Waals surface area contributed by atoms with E-state index >= 15 is 0 Å². The summed E-state index contributed by atoms with van der Waals surface area (Å²) in [4.78, 5) is 29.4. The van der Waals surface area contributed by atoms with Crippen LogP contribution in [0.15, 0.2) is 75.0 Å². The van der Waals surface area contributed by atoms with Crippen molar-refractivity contribution in [1.82, 2.24) is 9.66 Å². The summed E-state index contributed by atoms with van der Waals surface area (Å²) in [6.07, 6.45) is 1.51. The van der Waals surface area contributed by atoms with E-state index < -0.39 is 5.91 Å². The number of furan rings is 1. The molecule has 1 amide bonds. The predicted octanol–water partition coefficient (Wildman–Crippen LogP) is 4.18. The van der Waals surface area contributed by atoms with E-state index in [9.17, 15) is 9.59 Å². The van der Waals surface area contributed by atoms with Crippen LogP contribution in [0.5, 0.6) is 17.2 Å². The quantitative estimate of drug-likeness (QED) is 0.203. The van der Waals surface area contributed by atoms with Crippen molar-refractivity contribution >= 4 is 56.6 Å². The third-order valence-electron chi connectivity index (χ3n) is 5.65. The Balaban J connectivity index is 1.64. The van der Waals surface area contributed by atoms with Gasteiger partial charge < -0.3 is 24.4 Å². The van der Waals surface area contributed by atoms with Gasteiger partial charge in [0.25, 0.3) is 11.5 Å². The van der Waals surface area contributed by atoms with Crippen LogP contribution in [-0.2, 0) is 4.79 Å². The summed E-state index contributed by atoms with van der Waals surface area (Å²) < 4.78 is 24.3. The van der Waals surface area contributed by atoms with Gasteiger partial charge in [-0.2, -0.15) is 9.78 Å². The van der Waals surface area contributed by atoms with Crippen molar-refractivity contribution in [1.29, 1.82) is 0 Å². The molecule has 0 saturated carbocycles. The fourth-order valence-corrected chi connectivity index (χ4v) is 4.72. The molecule has 11 heteroatoms. The van der Waals surface area contributed by atoms with E-state index in [4.69, 9.17) is 29.3 Å². The van der Waals surface area contributed by atoms with E-state index in [1.54, 1.807) is 43.5 Å². The number of carbonyl (C=O) groups is 1. The largest absolute Gasteiger partial charge is 0.496 e. The fraction of sp³-hybridized carbons (Fsp3) is 0.111. The summed E-state index contributed by atoms with van der Waals surface area (Å²) in [7, 11) is 3.06. The lowest BCUT2D eigenvalue weighted by molar-refractivity contribution is -0.119. The molecule has 3 aromatic carbocycles. The predicted molar refractivity (Wildman–Crippen MR) is 151 cm³/mol. The molecule has 0 aliphatic heterocycles. The second kappa shape index (κ2) is 10.5. The minimum Gasteiger partial charge on any atom is -0.496 e. The number of carbonyl (C=O) groups excluding carboxylic acids is 1. The number of fused-ring (bicyclic) bond motifs is 2. The molecule has 0 saturated heterocycles. The van der Waals surface area contributed by atoms with Gasteiger partial charge in [0.1, 0.15) is 11.3 Å². The molecule has 2 aromatic heterocycles. The number of aromatic nitrogens is 2. The Bertz CT molecular complexity index is 1780. The van der Waals surface area contributed by atoms with Gasteiger partial charge >= 0.3 is 0 Å². The minimum absolute atomic E-state index is 0.228. The van der Waals surface area contributed by atoms with Crippen molar-refractivity contribution in [3.8, 4) is 28.8 Å². The van der Waals surface area contributed by atoms with Crippen LogP contribution in [0.2, 0.25) is 0 Å². The number of nitrogens with two attached hydrogens (primary N) is 1. The van der Waals surface area contributed by atoms with Gasteiger partial charge in [0.15, 0.2) is 23.9 Å². The summed E-state index contributed by atoms with van der Waals surface area (Å²) in [5, 5.41) is 5.64. The molecular formula is C27H21IN4O6. The number of halogens is 1. The van der Waals surface area contributed by atoms with E-state index in [1.165, 1.54) is 18.0 Å². The number of amides is 1. The van der Waals surface area contributed by atoms with Gasteiger partial charge in [0.05, 0.1) is 40.3 Å². The first-order chi connectivity index (χ1) is 18.4. The van der Waals surface area contributed by atoms with Crippen LogP contribution in [0.4, 0.5) is 0 Å². The Labute approximate surface area is 229 Å². The maximum absolute atomic E-state index is 13.5. The topological polar surface area (TPSA) is 131 Å². The van der Waals surface area contributed by atoms with Crippen molar-refractivity contribution in [3.63, 3.8) is 0 Å². The molecule has 0 aliphatic carbocycles. The first kappa shape index (κ1) is 25.3. The Kier molecular flexibility index (Phi) is 7.01. The fourth-order valence-electron chi connectivity index (χ4n) is 3.93. The highest BCUT2D eigenvalue weighted by molar-refractivity contribution is 14.1. The zero-order chi connectivity index (χ0) is 26.8. The molecule has 0 unspecified atom stereocenters. The van der Waals surface area contributed by atoms with Gasteiger partial charge in [-0.25, -0.2) is 4.98 Å². The highest BCUT2D eigenvalue weighted by Crippen LogP contribution is 2.34. The first-order valence-electron chi connectivity index (χ1n) is 11.3. The van der Waals surface area contributed by atoms with E-state index in [1.807, 2.05) is 24.3 Å². The molecule has 0 atom stereocenters. The molecule has 5 aromatic rings. The molecule has 5 rings (SSSR count). The second-order valence-electron chi connectivity index (χ2n) is 8.09. The van der Waals surface area contributed by atoms with Gasteiger partial charge in [-0.3, -0.25) is 9.59 Å². The molecule has 0 bridgehead atoms. The zero-order valence-electron chi connectivity index (χ0n) is 20.3. The molecule has 2 N–H and O–H groups in total. The summed E-state index contributed by atoms with van der Waals surface area (Å²) in [5.41, 5.74) is 6.55. The zero-order valence-corrected chi connectivity index (χ0v) is 22.5. The molecule has 2 heterocycles. The van der Waals surface area contributed by atoms with Crippen LogP contribution < -0.4 is 25.5 Å². The first-order valence-corrected chi connectivity index (χ1v) is 12.4. The third kappa shape index (κ3) is 4.79. The number of primary amides is 1. The smallest absolute Gasteiger partial charge is 0.282 e.